The van der Waals surface area contributed by atoms with Gasteiger partial charge in [0.15, 0.2) is 5.78 Å². The molecule has 0 N–H and O–H groups in total. The highest BCUT2D eigenvalue weighted by atomic mass is 16.1. The van der Waals surface area contributed by atoms with Gasteiger partial charge in [-0.3, -0.25) is 9.78 Å². The summed E-state index contributed by atoms with van der Waals surface area (Å²) in [6.07, 6.45) is 5.02. The van der Waals surface area contributed by atoms with Crippen molar-refractivity contribution in [2.45, 2.75) is 40.5 Å². The molecule has 0 spiro atoms. The summed E-state index contributed by atoms with van der Waals surface area (Å²) < 4.78 is 0. The molecule has 1 atom stereocenters. The summed E-state index contributed by atoms with van der Waals surface area (Å²) in [7, 11) is 0. The number of ketones is 1. The third-order valence-corrected chi connectivity index (χ3v) is 2.48. The Balaban J connectivity index is 2.53. The van der Waals surface area contributed by atoms with Gasteiger partial charge in [0.2, 0.25) is 0 Å². The molecule has 0 radical (unpaired) electrons. The van der Waals surface area contributed by atoms with E-state index in [1.165, 1.54) is 0 Å². The van der Waals surface area contributed by atoms with Gasteiger partial charge in [0.1, 0.15) is 0 Å². The molecule has 16 heavy (non-hydrogen) atoms. The summed E-state index contributed by atoms with van der Waals surface area (Å²) >= 11 is 0. The molecule has 1 heterocycles. The predicted octanol–water partition coefficient (Wildman–Crippen LogP) is 3.73. The van der Waals surface area contributed by atoms with Crippen LogP contribution in [0.5, 0.6) is 0 Å². The number of pyridine rings is 1. The minimum atomic E-state index is 0.199. The number of aromatic nitrogens is 1. The number of rotatable bonds is 4. The summed E-state index contributed by atoms with van der Waals surface area (Å²) in [5, 5.41) is 0. The number of nitrogens with zero attached hydrogens (tertiary/aromatic N) is 1. The molecule has 0 aliphatic heterocycles. The van der Waals surface area contributed by atoms with Gasteiger partial charge < -0.3 is 0 Å². The van der Waals surface area contributed by atoms with E-state index >= 15 is 0 Å². The van der Waals surface area contributed by atoms with Crippen molar-refractivity contribution in [1.82, 2.24) is 4.98 Å². The number of hydrogen-bond acceptors (Lipinski definition) is 2. The Labute approximate surface area is 98.1 Å². The van der Waals surface area contributed by atoms with Crippen LogP contribution in [0.25, 0.3) is 0 Å². The summed E-state index contributed by atoms with van der Waals surface area (Å²) in [5.74, 6) is 0.623. The number of Topliss-reactive ketones (excluding diaryl/α,β-unsaturated/α-hetero) is 1. The Hall–Kier alpha value is -1.18. The van der Waals surface area contributed by atoms with Gasteiger partial charge in [-0.1, -0.05) is 27.7 Å². The van der Waals surface area contributed by atoms with Crippen LogP contribution in [0.2, 0.25) is 0 Å². The lowest BCUT2D eigenvalue weighted by molar-refractivity contribution is 0.0954. The van der Waals surface area contributed by atoms with Gasteiger partial charge in [0.25, 0.3) is 0 Å². The molecule has 2 nitrogen and oxygen atoms in total. The Morgan fingerprint density at radius 2 is 2.12 bits per heavy atom. The number of carbonyl (C=O) groups is 1. The Morgan fingerprint density at radius 1 is 1.44 bits per heavy atom. The highest BCUT2D eigenvalue weighted by Gasteiger charge is 2.18. The number of hydrogen-bond donors (Lipinski definition) is 0. The predicted molar refractivity (Wildman–Crippen MR) is 66.4 cm³/mol. The first-order valence-corrected chi connectivity index (χ1v) is 5.82. The molecule has 88 valence electrons. The van der Waals surface area contributed by atoms with Crippen molar-refractivity contribution in [3.63, 3.8) is 0 Å². The zero-order chi connectivity index (χ0) is 12.2. The van der Waals surface area contributed by atoms with Gasteiger partial charge in [0.05, 0.1) is 0 Å². The zero-order valence-electron chi connectivity index (χ0n) is 10.7. The third-order valence-electron chi connectivity index (χ3n) is 2.48. The molecule has 0 amide bonds. The molecule has 1 aromatic heterocycles. The van der Waals surface area contributed by atoms with E-state index in [2.05, 4.69) is 32.7 Å². The molecule has 0 fully saturated rings. The van der Waals surface area contributed by atoms with Crippen molar-refractivity contribution in [2.75, 3.05) is 0 Å². The monoisotopic (exact) mass is 219 g/mol. The van der Waals surface area contributed by atoms with E-state index in [0.717, 1.165) is 12.0 Å². The van der Waals surface area contributed by atoms with Crippen molar-refractivity contribution in [3.05, 3.63) is 30.1 Å². The molecule has 0 saturated heterocycles. The SMILES string of the molecule is CC(CC(=O)c1cccnc1)CC(C)(C)C. The lowest BCUT2D eigenvalue weighted by Crippen LogP contribution is -2.14. The van der Waals surface area contributed by atoms with Crippen LogP contribution in [0.3, 0.4) is 0 Å². The average Bonchev–Trinajstić information content (AvgIpc) is 2.16. The van der Waals surface area contributed by atoms with Crippen LogP contribution in [0.15, 0.2) is 24.5 Å². The molecular formula is C14H21NO. The smallest absolute Gasteiger partial charge is 0.164 e. The molecule has 1 rings (SSSR count). The molecule has 1 aromatic rings. The topological polar surface area (TPSA) is 30.0 Å². The Morgan fingerprint density at radius 3 is 2.62 bits per heavy atom. The fourth-order valence-electron chi connectivity index (χ4n) is 2.08. The maximum Gasteiger partial charge on any atom is 0.164 e. The zero-order valence-corrected chi connectivity index (χ0v) is 10.7. The normalized spacial score (nSPS) is 13.5. The summed E-state index contributed by atoms with van der Waals surface area (Å²) in [4.78, 5) is 15.9. The summed E-state index contributed by atoms with van der Waals surface area (Å²) in [6.45, 7) is 8.76. The van der Waals surface area contributed by atoms with E-state index < -0.39 is 0 Å². The molecule has 0 aromatic carbocycles. The minimum Gasteiger partial charge on any atom is -0.294 e. The summed E-state index contributed by atoms with van der Waals surface area (Å²) in [6, 6.07) is 3.64. The van der Waals surface area contributed by atoms with E-state index in [-0.39, 0.29) is 11.2 Å². The van der Waals surface area contributed by atoms with E-state index in [9.17, 15) is 4.79 Å². The van der Waals surface area contributed by atoms with Crippen LogP contribution in [-0.4, -0.2) is 10.8 Å². The van der Waals surface area contributed by atoms with Crippen LogP contribution in [0.1, 0.15) is 50.9 Å². The third kappa shape index (κ3) is 4.56. The highest BCUT2D eigenvalue weighted by molar-refractivity contribution is 5.95. The molecule has 0 aliphatic carbocycles. The molecule has 2 heteroatoms. The second kappa shape index (κ2) is 5.24. The van der Waals surface area contributed by atoms with E-state index in [0.29, 0.717) is 12.3 Å². The minimum absolute atomic E-state index is 0.199. The maximum absolute atomic E-state index is 11.9. The van der Waals surface area contributed by atoms with Crippen molar-refractivity contribution in [1.29, 1.82) is 0 Å². The second-order valence-electron chi connectivity index (χ2n) is 5.74. The van der Waals surface area contributed by atoms with Gasteiger partial charge in [-0.2, -0.15) is 0 Å². The van der Waals surface area contributed by atoms with Crippen molar-refractivity contribution < 1.29 is 4.79 Å². The van der Waals surface area contributed by atoms with Crippen molar-refractivity contribution >= 4 is 5.78 Å². The van der Waals surface area contributed by atoms with Gasteiger partial charge >= 0.3 is 0 Å². The van der Waals surface area contributed by atoms with E-state index in [1.54, 1.807) is 12.4 Å². The number of carbonyl (C=O) groups excluding carboxylic acids is 1. The van der Waals surface area contributed by atoms with Gasteiger partial charge in [-0.05, 0) is 29.9 Å². The fourth-order valence-corrected chi connectivity index (χ4v) is 2.08. The fraction of sp³-hybridized carbons (Fsp3) is 0.571. The van der Waals surface area contributed by atoms with Crippen LogP contribution < -0.4 is 0 Å². The van der Waals surface area contributed by atoms with Crippen molar-refractivity contribution in [3.8, 4) is 0 Å². The quantitative estimate of drug-likeness (QED) is 0.722. The molecule has 1 unspecified atom stereocenters. The molecule has 0 bridgehead atoms. The second-order valence-corrected chi connectivity index (χ2v) is 5.74. The lowest BCUT2D eigenvalue weighted by atomic mass is 9.83. The Bertz CT molecular complexity index is 338. The molecule has 0 aliphatic rings. The van der Waals surface area contributed by atoms with Gasteiger partial charge in [0, 0.05) is 24.4 Å². The largest absolute Gasteiger partial charge is 0.294 e. The van der Waals surface area contributed by atoms with Crippen LogP contribution in [0, 0.1) is 11.3 Å². The van der Waals surface area contributed by atoms with Crippen LogP contribution in [-0.2, 0) is 0 Å². The highest BCUT2D eigenvalue weighted by Crippen LogP contribution is 2.26. The standard InChI is InChI=1S/C14H21NO/c1-11(9-14(2,3)4)8-13(16)12-6-5-7-15-10-12/h5-7,10-11H,8-9H2,1-4H3. The van der Waals surface area contributed by atoms with E-state index in [4.69, 9.17) is 0 Å². The summed E-state index contributed by atoms with van der Waals surface area (Å²) in [5.41, 5.74) is 1.01. The van der Waals surface area contributed by atoms with Crippen LogP contribution in [0.4, 0.5) is 0 Å². The van der Waals surface area contributed by atoms with Gasteiger partial charge in [-0.15, -0.1) is 0 Å². The first kappa shape index (κ1) is 12.9. The molecular weight excluding hydrogens is 198 g/mol. The first-order chi connectivity index (χ1) is 7.38. The maximum atomic E-state index is 11.9. The average molecular weight is 219 g/mol. The first-order valence-electron chi connectivity index (χ1n) is 5.82. The molecule has 0 saturated carbocycles. The van der Waals surface area contributed by atoms with Crippen LogP contribution >= 0.6 is 0 Å². The Kier molecular flexibility index (Phi) is 4.22. The lowest BCUT2D eigenvalue weighted by Gasteiger charge is -2.22. The van der Waals surface area contributed by atoms with E-state index in [1.807, 2.05) is 12.1 Å². The van der Waals surface area contributed by atoms with Gasteiger partial charge in [-0.25, -0.2) is 0 Å². The van der Waals surface area contributed by atoms with Crippen molar-refractivity contribution in [2.24, 2.45) is 11.3 Å².